The van der Waals surface area contributed by atoms with Gasteiger partial charge in [0.25, 0.3) is 11.8 Å². The van der Waals surface area contributed by atoms with Gasteiger partial charge in [-0.15, -0.1) is 0 Å². The van der Waals surface area contributed by atoms with E-state index >= 15 is 0 Å². The van der Waals surface area contributed by atoms with Gasteiger partial charge in [0.1, 0.15) is 18.8 Å². The van der Waals surface area contributed by atoms with E-state index in [-0.39, 0.29) is 37.4 Å². The number of piperazine rings is 1. The molecule has 0 saturated carbocycles. The molecule has 1 aromatic carbocycles. The first-order chi connectivity index (χ1) is 12.1. The van der Waals surface area contributed by atoms with Crippen LogP contribution in [0.1, 0.15) is 12.8 Å². The smallest absolute Gasteiger partial charge is 0.261 e. The highest BCUT2D eigenvalue weighted by atomic mass is 16.5. The number of carbonyl (C=O) groups is 3. The van der Waals surface area contributed by atoms with E-state index in [9.17, 15) is 14.4 Å². The highest BCUT2D eigenvalue weighted by Crippen LogP contribution is 2.22. The van der Waals surface area contributed by atoms with Crippen LogP contribution in [0.15, 0.2) is 24.3 Å². The maximum Gasteiger partial charge on any atom is 0.261 e. The van der Waals surface area contributed by atoms with Gasteiger partial charge in [-0.25, -0.2) is 5.01 Å². The number of hydrazine groups is 1. The molecule has 0 aliphatic carbocycles. The zero-order valence-corrected chi connectivity index (χ0v) is 14.2. The number of rotatable bonds is 5. The van der Waals surface area contributed by atoms with Gasteiger partial charge < -0.3 is 9.64 Å². The molecule has 8 heteroatoms. The van der Waals surface area contributed by atoms with Crippen LogP contribution in [-0.4, -0.2) is 67.5 Å². The fourth-order valence-electron chi connectivity index (χ4n) is 3.06. The summed E-state index contributed by atoms with van der Waals surface area (Å²) < 4.78 is 5.15. The molecule has 3 rings (SSSR count). The summed E-state index contributed by atoms with van der Waals surface area (Å²) in [5, 5.41) is 1.11. The predicted octanol–water partition coefficient (Wildman–Crippen LogP) is -0.00260. The Balaban J connectivity index is 1.60. The van der Waals surface area contributed by atoms with Crippen LogP contribution >= 0.6 is 0 Å². The van der Waals surface area contributed by atoms with Crippen LogP contribution in [0.4, 0.5) is 5.69 Å². The number of benzene rings is 1. The van der Waals surface area contributed by atoms with Crippen LogP contribution in [-0.2, 0) is 14.4 Å². The third kappa shape index (κ3) is 4.08. The summed E-state index contributed by atoms with van der Waals surface area (Å²) in [7, 11) is 1.54. The van der Waals surface area contributed by atoms with Crippen molar-refractivity contribution in [1.29, 1.82) is 0 Å². The molecular weight excluding hydrogens is 324 g/mol. The number of hydrogen-bond acceptors (Lipinski definition) is 5. The lowest BCUT2D eigenvalue weighted by Crippen LogP contribution is -2.60. The number of anilines is 1. The number of amides is 3. The third-order valence-electron chi connectivity index (χ3n) is 4.38. The average Bonchev–Trinajstić information content (AvgIpc) is 3.10. The number of hydrogen-bond donors (Lipinski definition) is 1. The van der Waals surface area contributed by atoms with Gasteiger partial charge in [0.15, 0.2) is 0 Å². The minimum absolute atomic E-state index is 0.115. The molecule has 3 amide bonds. The van der Waals surface area contributed by atoms with Gasteiger partial charge in [-0.05, 0) is 38.1 Å². The Morgan fingerprint density at radius 1 is 1.16 bits per heavy atom. The van der Waals surface area contributed by atoms with Crippen LogP contribution < -0.4 is 15.1 Å². The molecule has 0 aromatic heterocycles. The first kappa shape index (κ1) is 17.2. The molecule has 25 heavy (non-hydrogen) atoms. The average molecular weight is 346 g/mol. The van der Waals surface area contributed by atoms with E-state index in [2.05, 4.69) is 5.43 Å². The zero-order valence-electron chi connectivity index (χ0n) is 14.2. The summed E-state index contributed by atoms with van der Waals surface area (Å²) in [6.07, 6.45) is 2.17. The molecule has 2 fully saturated rings. The van der Waals surface area contributed by atoms with Gasteiger partial charge in [-0.1, -0.05) is 6.07 Å². The number of nitrogens with one attached hydrogen (secondary N) is 1. The predicted molar refractivity (Wildman–Crippen MR) is 90.9 cm³/mol. The molecule has 0 spiro atoms. The fraction of sp³-hybridized carbons (Fsp3) is 0.471. The number of carbonyl (C=O) groups excluding carboxylic acids is 3. The second-order valence-electron chi connectivity index (χ2n) is 6.18. The van der Waals surface area contributed by atoms with Gasteiger partial charge in [0.2, 0.25) is 5.91 Å². The van der Waals surface area contributed by atoms with Crippen molar-refractivity contribution in [3.8, 4) is 5.75 Å². The molecule has 134 valence electrons. The molecule has 2 aliphatic heterocycles. The van der Waals surface area contributed by atoms with Crippen LogP contribution in [0.5, 0.6) is 5.75 Å². The van der Waals surface area contributed by atoms with Gasteiger partial charge in [0.05, 0.1) is 13.7 Å². The molecule has 1 aromatic rings. The van der Waals surface area contributed by atoms with Gasteiger partial charge in [0, 0.05) is 11.8 Å². The summed E-state index contributed by atoms with van der Waals surface area (Å²) in [6.45, 7) is 1.74. The fourth-order valence-corrected chi connectivity index (χ4v) is 3.06. The first-order valence-electron chi connectivity index (χ1n) is 8.33. The SMILES string of the molecule is COc1cccc(N2CC(=O)N(NC(=O)CN3CCCC3)CC2=O)c1. The molecule has 2 heterocycles. The normalized spacial score (nSPS) is 18.6. The first-order valence-corrected chi connectivity index (χ1v) is 8.33. The maximum absolute atomic E-state index is 12.4. The lowest BCUT2D eigenvalue weighted by Gasteiger charge is -2.34. The number of likely N-dealkylation sites (tertiary alicyclic amines) is 1. The molecule has 2 aliphatic rings. The second kappa shape index (κ2) is 7.52. The summed E-state index contributed by atoms with van der Waals surface area (Å²) in [6, 6.07) is 6.98. The van der Waals surface area contributed by atoms with Crippen molar-refractivity contribution < 1.29 is 19.1 Å². The van der Waals surface area contributed by atoms with Crippen LogP contribution in [0.3, 0.4) is 0 Å². The Labute approximate surface area is 146 Å². The van der Waals surface area contributed by atoms with E-state index in [1.807, 2.05) is 4.90 Å². The Bertz CT molecular complexity index is 672. The van der Waals surface area contributed by atoms with E-state index in [4.69, 9.17) is 4.74 Å². The molecule has 1 N–H and O–H groups in total. The zero-order chi connectivity index (χ0) is 17.8. The Morgan fingerprint density at radius 3 is 2.64 bits per heavy atom. The van der Waals surface area contributed by atoms with Crippen LogP contribution in [0.25, 0.3) is 0 Å². The van der Waals surface area contributed by atoms with Crippen molar-refractivity contribution in [2.45, 2.75) is 12.8 Å². The summed E-state index contributed by atoms with van der Waals surface area (Å²) >= 11 is 0. The van der Waals surface area contributed by atoms with Crippen molar-refractivity contribution in [2.24, 2.45) is 0 Å². The van der Waals surface area contributed by atoms with Crippen molar-refractivity contribution in [3.05, 3.63) is 24.3 Å². The van der Waals surface area contributed by atoms with Crippen molar-refractivity contribution in [3.63, 3.8) is 0 Å². The minimum atomic E-state index is -0.322. The lowest BCUT2D eigenvalue weighted by atomic mass is 10.2. The molecule has 0 atom stereocenters. The Morgan fingerprint density at radius 2 is 1.92 bits per heavy atom. The highest BCUT2D eigenvalue weighted by molar-refractivity contribution is 6.05. The molecule has 0 unspecified atom stereocenters. The standard InChI is InChI=1S/C17H22N4O4/c1-25-14-6-4-5-13(9-14)20-11-17(24)21(12-16(20)23)18-15(22)10-19-7-2-3-8-19/h4-6,9H,2-3,7-8,10-12H2,1H3,(H,18,22). The summed E-state index contributed by atoms with van der Waals surface area (Å²) in [5.41, 5.74) is 3.15. The number of methoxy groups -OCH3 is 1. The second-order valence-corrected chi connectivity index (χ2v) is 6.18. The van der Waals surface area contributed by atoms with Gasteiger partial charge in [-0.3, -0.25) is 24.7 Å². The molecule has 0 bridgehead atoms. The Kier molecular flexibility index (Phi) is 5.18. The quantitative estimate of drug-likeness (QED) is 0.811. The summed E-state index contributed by atoms with van der Waals surface area (Å²) in [4.78, 5) is 40.2. The minimum Gasteiger partial charge on any atom is -0.497 e. The van der Waals surface area contributed by atoms with E-state index < -0.39 is 0 Å². The topological polar surface area (TPSA) is 82.2 Å². The maximum atomic E-state index is 12.4. The largest absolute Gasteiger partial charge is 0.497 e. The van der Waals surface area contributed by atoms with E-state index in [1.165, 1.54) is 4.90 Å². The van der Waals surface area contributed by atoms with Crippen LogP contribution in [0.2, 0.25) is 0 Å². The Hall–Kier alpha value is -2.61. The van der Waals surface area contributed by atoms with Crippen molar-refractivity contribution in [2.75, 3.05) is 44.7 Å². The number of nitrogens with zero attached hydrogens (tertiary/aromatic N) is 3. The molecule has 8 nitrogen and oxygen atoms in total. The molecule has 2 saturated heterocycles. The van der Waals surface area contributed by atoms with Crippen LogP contribution in [0, 0.1) is 0 Å². The van der Waals surface area contributed by atoms with E-state index in [1.54, 1.807) is 31.4 Å². The van der Waals surface area contributed by atoms with Gasteiger partial charge in [-0.2, -0.15) is 0 Å². The number of ether oxygens (including phenoxy) is 1. The monoisotopic (exact) mass is 346 g/mol. The summed E-state index contributed by atoms with van der Waals surface area (Å²) in [5.74, 6) is -0.233. The van der Waals surface area contributed by atoms with E-state index in [0.29, 0.717) is 11.4 Å². The van der Waals surface area contributed by atoms with E-state index in [0.717, 1.165) is 30.9 Å². The van der Waals surface area contributed by atoms with Crippen molar-refractivity contribution in [1.82, 2.24) is 15.3 Å². The van der Waals surface area contributed by atoms with Gasteiger partial charge >= 0.3 is 0 Å². The van der Waals surface area contributed by atoms with Crippen molar-refractivity contribution >= 4 is 23.4 Å². The lowest BCUT2D eigenvalue weighted by molar-refractivity contribution is -0.146. The molecular formula is C17H22N4O4. The third-order valence-corrected chi connectivity index (χ3v) is 4.38. The molecule has 0 radical (unpaired) electrons. The highest BCUT2D eigenvalue weighted by Gasteiger charge is 2.32.